The molecule has 0 aliphatic rings. The van der Waals surface area contributed by atoms with Gasteiger partial charge in [0.25, 0.3) is 6.43 Å². The molecule has 1 aromatic heterocycles. The molecule has 0 spiro atoms. The van der Waals surface area contributed by atoms with Crippen molar-refractivity contribution in [2.24, 2.45) is 0 Å². The zero-order valence-electron chi connectivity index (χ0n) is 9.17. The Morgan fingerprint density at radius 1 is 1.50 bits per heavy atom. The second-order valence-electron chi connectivity index (χ2n) is 3.58. The maximum Gasteiger partial charge on any atom is 0.251 e. The average molecular weight is 249 g/mol. The van der Waals surface area contributed by atoms with Crippen molar-refractivity contribution >= 4 is 11.6 Å². The van der Waals surface area contributed by atoms with Gasteiger partial charge >= 0.3 is 0 Å². The lowest BCUT2D eigenvalue weighted by Gasteiger charge is -2.20. The van der Waals surface area contributed by atoms with Crippen molar-refractivity contribution in [3.8, 4) is 0 Å². The number of rotatable bonds is 6. The number of hydrogen-bond donors (Lipinski definition) is 0. The minimum atomic E-state index is -2.34. The normalized spacial score (nSPS) is 11.4. The number of alkyl halides is 3. The zero-order valence-corrected chi connectivity index (χ0v) is 9.92. The molecule has 0 amide bonds. The van der Waals surface area contributed by atoms with Crippen molar-refractivity contribution < 1.29 is 8.78 Å². The molecule has 0 atom stereocenters. The van der Waals surface area contributed by atoms with Gasteiger partial charge < -0.3 is 0 Å². The third-order valence-corrected chi connectivity index (χ3v) is 2.46. The van der Waals surface area contributed by atoms with Crippen LogP contribution in [0.4, 0.5) is 8.78 Å². The Morgan fingerprint density at radius 2 is 2.25 bits per heavy atom. The summed E-state index contributed by atoms with van der Waals surface area (Å²) in [6, 6.07) is 3.75. The molecule has 0 aliphatic heterocycles. The van der Waals surface area contributed by atoms with Crippen molar-refractivity contribution in [1.82, 2.24) is 9.88 Å². The Kier molecular flexibility index (Phi) is 5.63. The van der Waals surface area contributed by atoms with Gasteiger partial charge in [0.15, 0.2) is 0 Å². The molecule has 0 saturated heterocycles. The number of aromatic nitrogens is 1. The van der Waals surface area contributed by atoms with E-state index in [1.165, 1.54) is 0 Å². The lowest BCUT2D eigenvalue weighted by molar-refractivity contribution is 0.0872. The summed E-state index contributed by atoms with van der Waals surface area (Å²) in [6.45, 7) is 2.53. The lowest BCUT2D eigenvalue weighted by Crippen LogP contribution is -2.31. The summed E-state index contributed by atoms with van der Waals surface area (Å²) in [5, 5.41) is 0. The molecule has 0 aliphatic carbocycles. The summed E-state index contributed by atoms with van der Waals surface area (Å²) in [7, 11) is 0. The van der Waals surface area contributed by atoms with Crippen LogP contribution in [-0.4, -0.2) is 35.3 Å². The molecule has 0 saturated carbocycles. The van der Waals surface area contributed by atoms with Crippen LogP contribution >= 0.6 is 11.6 Å². The molecule has 0 unspecified atom stereocenters. The molecule has 90 valence electrons. The second kappa shape index (κ2) is 6.76. The SMILES string of the molecule is Cc1cccnc1CN(CCCl)CC(F)F. The molecular weight excluding hydrogens is 234 g/mol. The number of hydrogen-bond acceptors (Lipinski definition) is 2. The summed E-state index contributed by atoms with van der Waals surface area (Å²) in [5.74, 6) is 0.346. The van der Waals surface area contributed by atoms with Crippen LogP contribution in [0.2, 0.25) is 0 Å². The predicted octanol–water partition coefficient (Wildman–Crippen LogP) is 2.70. The Morgan fingerprint density at radius 3 is 2.81 bits per heavy atom. The summed E-state index contributed by atoms with van der Waals surface area (Å²) >= 11 is 5.58. The summed E-state index contributed by atoms with van der Waals surface area (Å²) in [6.07, 6.45) is -0.670. The van der Waals surface area contributed by atoms with Crippen molar-refractivity contribution in [3.63, 3.8) is 0 Å². The van der Waals surface area contributed by atoms with E-state index in [0.717, 1.165) is 11.3 Å². The molecule has 2 nitrogen and oxygen atoms in total. The molecule has 0 radical (unpaired) electrons. The molecule has 1 rings (SSSR count). The first-order chi connectivity index (χ1) is 7.63. The monoisotopic (exact) mass is 248 g/mol. The highest BCUT2D eigenvalue weighted by atomic mass is 35.5. The van der Waals surface area contributed by atoms with E-state index < -0.39 is 6.43 Å². The van der Waals surface area contributed by atoms with E-state index in [-0.39, 0.29) is 6.54 Å². The first kappa shape index (κ1) is 13.3. The van der Waals surface area contributed by atoms with Gasteiger partial charge in [-0.2, -0.15) is 0 Å². The summed E-state index contributed by atoms with van der Waals surface area (Å²) in [4.78, 5) is 5.80. The minimum Gasteiger partial charge on any atom is -0.291 e. The van der Waals surface area contributed by atoms with Gasteiger partial charge in [0.1, 0.15) is 0 Å². The van der Waals surface area contributed by atoms with Crippen LogP contribution in [0, 0.1) is 6.92 Å². The first-order valence-corrected chi connectivity index (χ1v) is 5.64. The van der Waals surface area contributed by atoms with Crippen molar-refractivity contribution in [2.45, 2.75) is 19.9 Å². The van der Waals surface area contributed by atoms with Crippen LogP contribution in [0.1, 0.15) is 11.3 Å². The fraction of sp³-hybridized carbons (Fsp3) is 0.545. The molecule has 0 aromatic carbocycles. The zero-order chi connectivity index (χ0) is 12.0. The molecule has 5 heteroatoms. The number of pyridine rings is 1. The van der Waals surface area contributed by atoms with E-state index in [1.54, 1.807) is 11.1 Å². The smallest absolute Gasteiger partial charge is 0.251 e. The van der Waals surface area contributed by atoms with Gasteiger partial charge in [-0.15, -0.1) is 11.6 Å². The second-order valence-corrected chi connectivity index (χ2v) is 3.96. The van der Waals surface area contributed by atoms with E-state index in [2.05, 4.69) is 4.98 Å². The molecular formula is C11H15ClF2N2. The van der Waals surface area contributed by atoms with Crippen LogP contribution in [0.5, 0.6) is 0 Å². The van der Waals surface area contributed by atoms with Crippen LogP contribution in [0.25, 0.3) is 0 Å². The number of aryl methyl sites for hydroxylation is 1. The van der Waals surface area contributed by atoms with Crippen LogP contribution in [0.3, 0.4) is 0 Å². The van der Waals surface area contributed by atoms with Crippen LogP contribution in [0.15, 0.2) is 18.3 Å². The quantitative estimate of drug-likeness (QED) is 0.720. The number of nitrogens with zero attached hydrogens (tertiary/aromatic N) is 2. The Labute approximate surface area is 99.2 Å². The molecule has 0 N–H and O–H groups in total. The van der Waals surface area contributed by atoms with Gasteiger partial charge in [0.2, 0.25) is 0 Å². The van der Waals surface area contributed by atoms with Gasteiger partial charge in [-0.05, 0) is 18.6 Å². The van der Waals surface area contributed by atoms with Gasteiger partial charge in [0.05, 0.1) is 12.2 Å². The Bertz CT molecular complexity index is 321. The third kappa shape index (κ3) is 4.41. The maximum atomic E-state index is 12.3. The van der Waals surface area contributed by atoms with E-state index in [9.17, 15) is 8.78 Å². The summed E-state index contributed by atoms with van der Waals surface area (Å²) in [5.41, 5.74) is 1.84. The molecule has 0 bridgehead atoms. The van der Waals surface area contributed by atoms with Crippen LogP contribution < -0.4 is 0 Å². The highest BCUT2D eigenvalue weighted by molar-refractivity contribution is 6.18. The maximum absolute atomic E-state index is 12.3. The summed E-state index contributed by atoms with van der Waals surface area (Å²) < 4.78 is 24.6. The average Bonchev–Trinajstić information content (AvgIpc) is 2.21. The predicted molar refractivity (Wildman–Crippen MR) is 61.0 cm³/mol. The van der Waals surface area contributed by atoms with E-state index in [4.69, 9.17) is 11.6 Å². The topological polar surface area (TPSA) is 16.1 Å². The molecule has 1 heterocycles. The molecule has 16 heavy (non-hydrogen) atoms. The highest BCUT2D eigenvalue weighted by Crippen LogP contribution is 2.09. The van der Waals surface area contributed by atoms with Crippen molar-refractivity contribution in [1.29, 1.82) is 0 Å². The largest absolute Gasteiger partial charge is 0.291 e. The van der Waals surface area contributed by atoms with Crippen LogP contribution in [-0.2, 0) is 6.54 Å². The van der Waals surface area contributed by atoms with E-state index in [1.807, 2.05) is 19.1 Å². The Balaban J connectivity index is 2.64. The molecule has 0 fully saturated rings. The van der Waals surface area contributed by atoms with Crippen molar-refractivity contribution in [3.05, 3.63) is 29.6 Å². The fourth-order valence-corrected chi connectivity index (χ4v) is 1.68. The van der Waals surface area contributed by atoms with Crippen molar-refractivity contribution in [2.75, 3.05) is 19.0 Å². The standard InChI is InChI=1S/C11H15ClF2N2/c1-9-3-2-5-15-10(9)7-16(6-4-12)8-11(13)14/h2-3,5,11H,4,6-8H2,1H3. The highest BCUT2D eigenvalue weighted by Gasteiger charge is 2.13. The van der Waals surface area contributed by atoms with Gasteiger partial charge in [-0.1, -0.05) is 6.07 Å². The third-order valence-electron chi connectivity index (χ3n) is 2.29. The lowest BCUT2D eigenvalue weighted by atomic mass is 10.2. The molecule has 1 aromatic rings. The van der Waals surface area contributed by atoms with E-state index in [0.29, 0.717) is 19.0 Å². The Hall–Kier alpha value is -0.740. The number of halogens is 3. The van der Waals surface area contributed by atoms with Gasteiger partial charge in [-0.25, -0.2) is 8.78 Å². The van der Waals surface area contributed by atoms with E-state index >= 15 is 0 Å². The van der Waals surface area contributed by atoms with Gasteiger partial charge in [0, 0.05) is 25.2 Å². The minimum absolute atomic E-state index is 0.261. The fourth-order valence-electron chi connectivity index (χ4n) is 1.45. The first-order valence-electron chi connectivity index (χ1n) is 5.10. The van der Waals surface area contributed by atoms with Gasteiger partial charge in [-0.3, -0.25) is 9.88 Å².